The standard InChI is InChI=1S/C25H19ClF2N2OS/c26-21-4-2-1-3-20(21)24-23(12-16-10-18(27)13-19(28)11-16)32-25(30-24)29-14-15-5-6-22-17(9-15)7-8-31-22/h1-6,9-11,13H,7-8,12,14H2,(H,29,30). The fourth-order valence-corrected chi connectivity index (χ4v) is 5.07. The molecule has 162 valence electrons. The second-order valence-corrected chi connectivity index (χ2v) is 9.11. The predicted molar refractivity (Wildman–Crippen MR) is 125 cm³/mol. The highest BCUT2D eigenvalue weighted by Crippen LogP contribution is 2.37. The average molecular weight is 469 g/mol. The summed E-state index contributed by atoms with van der Waals surface area (Å²) in [4.78, 5) is 5.66. The van der Waals surface area contributed by atoms with E-state index in [0.717, 1.165) is 51.7 Å². The van der Waals surface area contributed by atoms with Crippen LogP contribution in [0, 0.1) is 11.6 Å². The Kier molecular flexibility index (Phi) is 5.81. The van der Waals surface area contributed by atoms with Gasteiger partial charge in [-0.25, -0.2) is 13.8 Å². The zero-order valence-electron chi connectivity index (χ0n) is 17.0. The highest BCUT2D eigenvalue weighted by atomic mass is 35.5. The van der Waals surface area contributed by atoms with Crippen LogP contribution in [0.5, 0.6) is 5.75 Å². The summed E-state index contributed by atoms with van der Waals surface area (Å²) in [6, 6.07) is 17.2. The summed E-state index contributed by atoms with van der Waals surface area (Å²) in [6.45, 7) is 1.33. The van der Waals surface area contributed by atoms with Crippen LogP contribution in [-0.2, 0) is 19.4 Å². The molecular weight excluding hydrogens is 450 g/mol. The lowest BCUT2D eigenvalue weighted by Gasteiger charge is -2.05. The summed E-state index contributed by atoms with van der Waals surface area (Å²) in [5.41, 5.74) is 4.41. The maximum atomic E-state index is 13.7. The van der Waals surface area contributed by atoms with E-state index < -0.39 is 11.6 Å². The molecule has 0 amide bonds. The minimum absolute atomic E-state index is 0.352. The Balaban J connectivity index is 1.44. The fourth-order valence-electron chi connectivity index (χ4n) is 3.84. The fraction of sp³-hybridized carbons (Fsp3) is 0.160. The van der Waals surface area contributed by atoms with Gasteiger partial charge >= 0.3 is 0 Å². The molecule has 7 heteroatoms. The number of aromatic nitrogens is 1. The van der Waals surface area contributed by atoms with Crippen molar-refractivity contribution in [3.8, 4) is 17.0 Å². The predicted octanol–water partition coefficient (Wildman–Crippen LogP) is 6.88. The van der Waals surface area contributed by atoms with Gasteiger partial charge in [0.2, 0.25) is 0 Å². The van der Waals surface area contributed by atoms with E-state index in [0.29, 0.717) is 23.6 Å². The summed E-state index contributed by atoms with van der Waals surface area (Å²) >= 11 is 7.90. The van der Waals surface area contributed by atoms with Crippen molar-refractivity contribution < 1.29 is 13.5 Å². The third-order valence-electron chi connectivity index (χ3n) is 5.31. The van der Waals surface area contributed by atoms with Crippen LogP contribution in [0.1, 0.15) is 21.6 Å². The van der Waals surface area contributed by atoms with Crippen LogP contribution < -0.4 is 10.1 Å². The van der Waals surface area contributed by atoms with Gasteiger partial charge in [-0.3, -0.25) is 0 Å². The second kappa shape index (κ2) is 8.88. The number of anilines is 1. The number of fused-ring (bicyclic) bond motifs is 1. The molecule has 1 aromatic heterocycles. The first-order valence-electron chi connectivity index (χ1n) is 10.2. The molecule has 0 unspecified atom stereocenters. The molecule has 1 aliphatic rings. The van der Waals surface area contributed by atoms with Gasteiger partial charge in [0, 0.05) is 40.9 Å². The van der Waals surface area contributed by atoms with Crippen molar-refractivity contribution in [1.29, 1.82) is 0 Å². The van der Waals surface area contributed by atoms with E-state index in [-0.39, 0.29) is 0 Å². The lowest BCUT2D eigenvalue weighted by atomic mass is 10.1. The van der Waals surface area contributed by atoms with Crippen LogP contribution >= 0.6 is 22.9 Å². The van der Waals surface area contributed by atoms with E-state index in [1.165, 1.54) is 29.0 Å². The summed E-state index contributed by atoms with van der Waals surface area (Å²) < 4.78 is 33.0. The molecule has 1 aliphatic heterocycles. The van der Waals surface area contributed by atoms with E-state index >= 15 is 0 Å². The zero-order valence-corrected chi connectivity index (χ0v) is 18.6. The van der Waals surface area contributed by atoms with E-state index in [1.807, 2.05) is 36.4 Å². The smallest absolute Gasteiger partial charge is 0.183 e. The lowest BCUT2D eigenvalue weighted by molar-refractivity contribution is 0.357. The topological polar surface area (TPSA) is 34.1 Å². The molecule has 0 atom stereocenters. The molecule has 0 aliphatic carbocycles. The Bertz CT molecular complexity index is 1270. The molecule has 32 heavy (non-hydrogen) atoms. The maximum Gasteiger partial charge on any atom is 0.183 e. The molecule has 0 fully saturated rings. The van der Waals surface area contributed by atoms with Gasteiger partial charge in [-0.2, -0.15) is 0 Å². The first-order valence-corrected chi connectivity index (χ1v) is 11.4. The minimum atomic E-state index is -0.595. The Morgan fingerprint density at radius 3 is 2.62 bits per heavy atom. The molecule has 3 aromatic carbocycles. The van der Waals surface area contributed by atoms with Gasteiger partial charge in [0.25, 0.3) is 0 Å². The monoisotopic (exact) mass is 468 g/mol. The van der Waals surface area contributed by atoms with Crippen LogP contribution in [0.2, 0.25) is 5.02 Å². The van der Waals surface area contributed by atoms with Crippen LogP contribution in [0.3, 0.4) is 0 Å². The van der Waals surface area contributed by atoms with Crippen molar-refractivity contribution in [3.05, 3.63) is 98.9 Å². The molecule has 0 saturated carbocycles. The third-order valence-corrected chi connectivity index (χ3v) is 6.65. The van der Waals surface area contributed by atoms with Gasteiger partial charge in [-0.15, -0.1) is 11.3 Å². The summed E-state index contributed by atoms with van der Waals surface area (Å²) in [5, 5.41) is 4.69. The van der Waals surface area contributed by atoms with E-state index in [9.17, 15) is 8.78 Å². The van der Waals surface area contributed by atoms with Crippen molar-refractivity contribution in [2.45, 2.75) is 19.4 Å². The number of benzene rings is 3. The highest BCUT2D eigenvalue weighted by molar-refractivity contribution is 7.16. The maximum absolute atomic E-state index is 13.7. The average Bonchev–Trinajstić information content (AvgIpc) is 3.38. The number of halogens is 3. The van der Waals surface area contributed by atoms with Gasteiger partial charge in [0.15, 0.2) is 5.13 Å². The third kappa shape index (κ3) is 4.47. The summed E-state index contributed by atoms with van der Waals surface area (Å²) in [6.07, 6.45) is 1.27. The number of hydrogen-bond acceptors (Lipinski definition) is 4. The van der Waals surface area contributed by atoms with Crippen LogP contribution in [0.4, 0.5) is 13.9 Å². The molecule has 4 aromatic rings. The molecule has 0 saturated heterocycles. The van der Waals surface area contributed by atoms with E-state index in [4.69, 9.17) is 21.3 Å². The Morgan fingerprint density at radius 1 is 1.00 bits per heavy atom. The quantitative estimate of drug-likeness (QED) is 0.335. The minimum Gasteiger partial charge on any atom is -0.493 e. The number of nitrogens with zero attached hydrogens (tertiary/aromatic N) is 1. The number of nitrogens with one attached hydrogen (secondary N) is 1. The number of ether oxygens (including phenoxy) is 1. The van der Waals surface area contributed by atoms with Gasteiger partial charge in [-0.05, 0) is 41.0 Å². The van der Waals surface area contributed by atoms with Crippen molar-refractivity contribution in [1.82, 2.24) is 4.98 Å². The Labute approximate surface area is 193 Å². The number of hydrogen-bond donors (Lipinski definition) is 1. The molecule has 0 bridgehead atoms. The highest BCUT2D eigenvalue weighted by Gasteiger charge is 2.17. The van der Waals surface area contributed by atoms with Crippen LogP contribution in [0.15, 0.2) is 60.7 Å². The van der Waals surface area contributed by atoms with Gasteiger partial charge in [0.05, 0.1) is 12.3 Å². The molecule has 1 N–H and O–H groups in total. The van der Waals surface area contributed by atoms with Crippen molar-refractivity contribution >= 4 is 28.1 Å². The molecular formula is C25H19ClF2N2OS. The summed E-state index contributed by atoms with van der Waals surface area (Å²) in [5.74, 6) is -0.237. The lowest BCUT2D eigenvalue weighted by Crippen LogP contribution is -1.99. The van der Waals surface area contributed by atoms with E-state index in [1.54, 1.807) is 0 Å². The molecule has 2 heterocycles. The molecule has 0 spiro atoms. The van der Waals surface area contributed by atoms with Gasteiger partial charge in [0.1, 0.15) is 17.4 Å². The van der Waals surface area contributed by atoms with Crippen molar-refractivity contribution in [2.75, 3.05) is 11.9 Å². The Hall–Kier alpha value is -2.96. The van der Waals surface area contributed by atoms with Crippen LogP contribution in [-0.4, -0.2) is 11.6 Å². The first kappa shape index (κ1) is 20.9. The first-order chi connectivity index (χ1) is 15.5. The summed E-state index contributed by atoms with van der Waals surface area (Å²) in [7, 11) is 0. The normalized spacial score (nSPS) is 12.5. The van der Waals surface area contributed by atoms with Gasteiger partial charge < -0.3 is 10.1 Å². The molecule has 5 rings (SSSR count). The van der Waals surface area contributed by atoms with Crippen LogP contribution in [0.25, 0.3) is 11.3 Å². The second-order valence-electron chi connectivity index (χ2n) is 7.62. The largest absolute Gasteiger partial charge is 0.493 e. The van der Waals surface area contributed by atoms with E-state index in [2.05, 4.69) is 11.4 Å². The zero-order chi connectivity index (χ0) is 22.1. The molecule has 0 radical (unpaired) electrons. The number of thiazole rings is 1. The van der Waals surface area contributed by atoms with Crippen molar-refractivity contribution in [3.63, 3.8) is 0 Å². The van der Waals surface area contributed by atoms with Gasteiger partial charge in [-0.1, -0.05) is 41.9 Å². The molecule has 3 nitrogen and oxygen atoms in total. The Morgan fingerprint density at radius 2 is 1.81 bits per heavy atom. The van der Waals surface area contributed by atoms with Crippen molar-refractivity contribution in [2.24, 2.45) is 0 Å². The SMILES string of the molecule is Fc1cc(F)cc(Cc2sc(NCc3ccc4c(c3)CCO4)nc2-c2ccccc2Cl)c1. The number of rotatable bonds is 6.